The zero-order valence-electron chi connectivity index (χ0n) is 15.7. The van der Waals surface area contributed by atoms with Gasteiger partial charge < -0.3 is 14.5 Å². The summed E-state index contributed by atoms with van der Waals surface area (Å²) in [4.78, 5) is 38.8. The summed E-state index contributed by atoms with van der Waals surface area (Å²) in [6, 6.07) is 5.10. The van der Waals surface area contributed by atoms with E-state index in [9.17, 15) is 18.8 Å². The summed E-state index contributed by atoms with van der Waals surface area (Å²) in [6.07, 6.45) is 1.61. The number of imide groups is 1. The smallest absolute Gasteiger partial charge is 0.321 e. The first-order chi connectivity index (χ1) is 13.3. The van der Waals surface area contributed by atoms with Gasteiger partial charge in [0.05, 0.1) is 12.6 Å². The van der Waals surface area contributed by atoms with Crippen molar-refractivity contribution in [3.05, 3.63) is 42.2 Å². The molecule has 0 radical (unpaired) electrons. The van der Waals surface area contributed by atoms with Crippen LogP contribution in [0.2, 0.25) is 0 Å². The highest BCUT2D eigenvalue weighted by atomic mass is 19.1. The molecule has 3 amide bonds. The Morgan fingerprint density at radius 2 is 1.93 bits per heavy atom. The molecule has 0 aliphatic carbocycles. The van der Waals surface area contributed by atoms with E-state index in [0.29, 0.717) is 23.8 Å². The fourth-order valence-corrected chi connectivity index (χ4v) is 2.10. The molecule has 0 saturated heterocycles. The van der Waals surface area contributed by atoms with Gasteiger partial charge in [-0.15, -0.1) is 0 Å². The van der Waals surface area contributed by atoms with Crippen molar-refractivity contribution in [1.29, 1.82) is 0 Å². The molecule has 28 heavy (non-hydrogen) atoms. The average Bonchev–Trinajstić information content (AvgIpc) is 3.12. The predicted molar refractivity (Wildman–Crippen MR) is 97.6 cm³/mol. The molecule has 0 fully saturated rings. The van der Waals surface area contributed by atoms with Crippen molar-refractivity contribution >= 4 is 17.9 Å². The minimum absolute atomic E-state index is 0.0454. The molecule has 0 saturated carbocycles. The first kappa shape index (κ1) is 21.1. The second kappa shape index (κ2) is 10.2. The summed E-state index contributed by atoms with van der Waals surface area (Å²) in [7, 11) is 0. The molecule has 0 atom stereocenters. The Labute approximate surface area is 161 Å². The van der Waals surface area contributed by atoms with Crippen LogP contribution in [0.5, 0.6) is 0 Å². The van der Waals surface area contributed by atoms with Crippen LogP contribution in [-0.4, -0.2) is 36.0 Å². The first-order valence-corrected chi connectivity index (χ1v) is 8.77. The molecule has 8 nitrogen and oxygen atoms in total. The molecular formula is C19H22FN3O5. The van der Waals surface area contributed by atoms with Crippen LogP contribution in [0.4, 0.5) is 9.18 Å². The molecule has 9 heteroatoms. The number of hydrogen-bond acceptors (Lipinski definition) is 6. The number of nitrogens with one attached hydrogen (secondary N) is 2. The number of rotatable bonds is 8. The molecule has 1 aromatic carbocycles. The number of ether oxygens (including phenoxy) is 1. The zero-order valence-corrected chi connectivity index (χ0v) is 15.7. The monoisotopic (exact) mass is 391 g/mol. The minimum Gasteiger partial charge on any atom is -0.456 e. The molecule has 2 N–H and O–H groups in total. The lowest BCUT2D eigenvalue weighted by Gasteiger charge is -2.08. The number of urea groups is 1. The molecule has 0 bridgehead atoms. The van der Waals surface area contributed by atoms with Gasteiger partial charge in [0.25, 0.3) is 5.91 Å². The lowest BCUT2D eigenvalue weighted by molar-refractivity contribution is -0.148. The summed E-state index contributed by atoms with van der Waals surface area (Å²) in [5, 5.41) is 4.58. The van der Waals surface area contributed by atoms with Crippen molar-refractivity contribution in [3.63, 3.8) is 0 Å². The van der Waals surface area contributed by atoms with Crippen LogP contribution in [0, 0.1) is 11.7 Å². The van der Waals surface area contributed by atoms with Crippen molar-refractivity contribution in [2.75, 3.05) is 13.2 Å². The van der Waals surface area contributed by atoms with Gasteiger partial charge in [0.1, 0.15) is 5.82 Å². The van der Waals surface area contributed by atoms with Crippen LogP contribution < -0.4 is 10.6 Å². The first-order valence-electron chi connectivity index (χ1n) is 8.77. The minimum atomic E-state index is -0.718. The van der Waals surface area contributed by atoms with Gasteiger partial charge >= 0.3 is 12.0 Å². The number of aromatic nitrogens is 1. The normalized spacial score (nSPS) is 10.6. The Morgan fingerprint density at radius 1 is 1.21 bits per heavy atom. The van der Waals surface area contributed by atoms with Crippen molar-refractivity contribution in [1.82, 2.24) is 15.6 Å². The highest BCUT2D eigenvalue weighted by molar-refractivity contribution is 5.95. The van der Waals surface area contributed by atoms with Gasteiger partial charge in [-0.05, 0) is 30.2 Å². The standard InChI is InChI=1S/C19H22FN3O5/c1-12(2)9-22-19(26)23-16(24)11-27-18(25)8-7-17-21-10-15(28-17)13-3-5-14(20)6-4-13/h3-6,10,12H,7-9,11H2,1-2H3,(H2,22,23,24,26). The zero-order chi connectivity index (χ0) is 20.5. The molecule has 0 aliphatic rings. The summed E-state index contributed by atoms with van der Waals surface area (Å²) in [6.45, 7) is 3.70. The van der Waals surface area contributed by atoms with Gasteiger partial charge in [-0.2, -0.15) is 0 Å². The predicted octanol–water partition coefficient (Wildman–Crippen LogP) is 2.44. The lowest BCUT2D eigenvalue weighted by Crippen LogP contribution is -2.42. The highest BCUT2D eigenvalue weighted by Crippen LogP contribution is 2.21. The van der Waals surface area contributed by atoms with E-state index >= 15 is 0 Å². The lowest BCUT2D eigenvalue weighted by atomic mass is 10.2. The van der Waals surface area contributed by atoms with Crippen LogP contribution in [0.1, 0.15) is 26.2 Å². The second-order valence-corrected chi connectivity index (χ2v) is 6.44. The molecular weight excluding hydrogens is 369 g/mol. The number of oxazole rings is 1. The molecule has 2 aromatic rings. The number of aryl methyl sites for hydroxylation is 1. The quantitative estimate of drug-likeness (QED) is 0.669. The Balaban J connectivity index is 1.70. The topological polar surface area (TPSA) is 111 Å². The number of halogens is 1. The second-order valence-electron chi connectivity index (χ2n) is 6.44. The summed E-state index contributed by atoms with van der Waals surface area (Å²) < 4.78 is 23.3. The SMILES string of the molecule is CC(C)CNC(=O)NC(=O)COC(=O)CCc1ncc(-c2ccc(F)cc2)o1. The van der Waals surface area contributed by atoms with Crippen LogP contribution in [0.15, 0.2) is 34.9 Å². The van der Waals surface area contributed by atoms with Crippen LogP contribution >= 0.6 is 0 Å². The molecule has 0 aliphatic heterocycles. The highest BCUT2D eigenvalue weighted by Gasteiger charge is 2.13. The maximum atomic E-state index is 12.9. The maximum absolute atomic E-state index is 12.9. The van der Waals surface area contributed by atoms with E-state index in [0.717, 1.165) is 0 Å². The summed E-state index contributed by atoms with van der Waals surface area (Å²) >= 11 is 0. The fourth-order valence-electron chi connectivity index (χ4n) is 2.10. The van der Waals surface area contributed by atoms with Crippen LogP contribution in [-0.2, 0) is 20.7 Å². The van der Waals surface area contributed by atoms with E-state index in [2.05, 4.69) is 15.6 Å². The van der Waals surface area contributed by atoms with Gasteiger partial charge in [-0.3, -0.25) is 14.9 Å². The molecule has 2 rings (SSSR count). The van der Waals surface area contributed by atoms with E-state index in [1.54, 1.807) is 12.1 Å². The molecule has 0 unspecified atom stereocenters. The number of esters is 1. The van der Waals surface area contributed by atoms with E-state index in [1.807, 2.05) is 13.8 Å². The van der Waals surface area contributed by atoms with E-state index in [1.165, 1.54) is 18.3 Å². The number of hydrogen-bond donors (Lipinski definition) is 2. The number of benzene rings is 1. The van der Waals surface area contributed by atoms with Gasteiger partial charge in [-0.1, -0.05) is 13.8 Å². The van der Waals surface area contributed by atoms with E-state index in [-0.39, 0.29) is 24.6 Å². The molecule has 150 valence electrons. The Morgan fingerprint density at radius 3 is 2.61 bits per heavy atom. The van der Waals surface area contributed by atoms with Gasteiger partial charge in [-0.25, -0.2) is 14.2 Å². The van der Waals surface area contributed by atoms with Crippen molar-refractivity contribution in [2.45, 2.75) is 26.7 Å². The molecule has 1 heterocycles. The fraction of sp³-hybridized carbons (Fsp3) is 0.368. The molecule has 1 aromatic heterocycles. The third kappa shape index (κ3) is 7.18. The van der Waals surface area contributed by atoms with Crippen molar-refractivity contribution < 1.29 is 27.9 Å². The molecule has 0 spiro atoms. The number of amides is 3. The Bertz CT molecular complexity index is 817. The van der Waals surface area contributed by atoms with Gasteiger partial charge in [0, 0.05) is 18.5 Å². The third-order valence-electron chi connectivity index (χ3n) is 3.51. The van der Waals surface area contributed by atoms with Crippen molar-refractivity contribution in [3.8, 4) is 11.3 Å². The van der Waals surface area contributed by atoms with E-state index in [4.69, 9.17) is 9.15 Å². The number of nitrogens with zero attached hydrogens (tertiary/aromatic N) is 1. The maximum Gasteiger partial charge on any atom is 0.321 e. The van der Waals surface area contributed by atoms with Crippen LogP contribution in [0.25, 0.3) is 11.3 Å². The summed E-state index contributed by atoms with van der Waals surface area (Å²) in [5.41, 5.74) is 0.662. The van der Waals surface area contributed by atoms with Gasteiger partial charge in [0.15, 0.2) is 18.3 Å². The average molecular weight is 391 g/mol. The Kier molecular flexibility index (Phi) is 7.67. The largest absolute Gasteiger partial charge is 0.456 e. The van der Waals surface area contributed by atoms with E-state index < -0.39 is 24.5 Å². The number of carbonyl (C=O) groups excluding carboxylic acids is 3. The Hall–Kier alpha value is -3.23. The van der Waals surface area contributed by atoms with Gasteiger partial charge in [0.2, 0.25) is 0 Å². The van der Waals surface area contributed by atoms with Crippen LogP contribution in [0.3, 0.4) is 0 Å². The van der Waals surface area contributed by atoms with Crippen molar-refractivity contribution in [2.24, 2.45) is 5.92 Å². The number of carbonyl (C=O) groups is 3. The third-order valence-corrected chi connectivity index (χ3v) is 3.51. The summed E-state index contributed by atoms with van der Waals surface area (Å²) in [5.74, 6) is -0.683.